The van der Waals surface area contributed by atoms with Crippen LogP contribution in [0.1, 0.15) is 33.1 Å². The van der Waals surface area contributed by atoms with E-state index in [1.807, 2.05) is 7.05 Å². The molecule has 2 heteroatoms. The van der Waals surface area contributed by atoms with Crippen LogP contribution in [-0.2, 0) is 4.74 Å². The number of hydrogen-bond acceptors (Lipinski definition) is 2. The van der Waals surface area contributed by atoms with Crippen molar-refractivity contribution in [3.05, 3.63) is 0 Å². The summed E-state index contributed by atoms with van der Waals surface area (Å²) in [6, 6.07) is 0. The van der Waals surface area contributed by atoms with Crippen LogP contribution in [0.25, 0.3) is 0 Å². The van der Waals surface area contributed by atoms with Crippen molar-refractivity contribution in [1.82, 2.24) is 5.32 Å². The SMILES string of the molecule is CNC(C)(C)CCC1CCOC1. The molecule has 0 spiro atoms. The van der Waals surface area contributed by atoms with Gasteiger partial charge in [-0.25, -0.2) is 0 Å². The summed E-state index contributed by atoms with van der Waals surface area (Å²) in [4.78, 5) is 0. The van der Waals surface area contributed by atoms with Crippen LogP contribution in [0.2, 0.25) is 0 Å². The second kappa shape index (κ2) is 4.24. The lowest BCUT2D eigenvalue weighted by atomic mass is 9.92. The topological polar surface area (TPSA) is 21.3 Å². The largest absolute Gasteiger partial charge is 0.381 e. The zero-order chi connectivity index (χ0) is 9.03. The third-order valence-corrected chi connectivity index (χ3v) is 2.88. The van der Waals surface area contributed by atoms with Crippen LogP contribution >= 0.6 is 0 Å². The van der Waals surface area contributed by atoms with Crippen molar-refractivity contribution >= 4 is 0 Å². The zero-order valence-electron chi connectivity index (χ0n) is 8.52. The van der Waals surface area contributed by atoms with Gasteiger partial charge < -0.3 is 10.1 Å². The molecule has 1 aliphatic heterocycles. The van der Waals surface area contributed by atoms with Gasteiger partial charge in [0.25, 0.3) is 0 Å². The molecule has 12 heavy (non-hydrogen) atoms. The molecule has 1 N–H and O–H groups in total. The Kier molecular flexibility index (Phi) is 3.53. The quantitative estimate of drug-likeness (QED) is 0.696. The Labute approximate surface area is 75.7 Å². The number of hydrogen-bond donors (Lipinski definition) is 1. The van der Waals surface area contributed by atoms with Crippen molar-refractivity contribution in [1.29, 1.82) is 0 Å². The molecule has 0 aromatic rings. The minimum atomic E-state index is 0.294. The molecule has 1 atom stereocenters. The fraction of sp³-hybridized carbons (Fsp3) is 1.00. The highest BCUT2D eigenvalue weighted by molar-refractivity contribution is 4.77. The first-order valence-electron chi connectivity index (χ1n) is 4.91. The lowest BCUT2D eigenvalue weighted by molar-refractivity contribution is 0.181. The molecule has 0 radical (unpaired) electrons. The number of ether oxygens (including phenoxy) is 1. The van der Waals surface area contributed by atoms with Gasteiger partial charge in [-0.2, -0.15) is 0 Å². The molecule has 1 saturated heterocycles. The molecule has 1 aliphatic rings. The third kappa shape index (κ3) is 3.11. The van der Waals surface area contributed by atoms with Gasteiger partial charge >= 0.3 is 0 Å². The van der Waals surface area contributed by atoms with Gasteiger partial charge in [0.1, 0.15) is 0 Å². The maximum atomic E-state index is 5.34. The molecule has 0 aromatic carbocycles. The van der Waals surface area contributed by atoms with E-state index >= 15 is 0 Å². The van der Waals surface area contributed by atoms with E-state index in [9.17, 15) is 0 Å². The van der Waals surface area contributed by atoms with Gasteiger partial charge in [-0.05, 0) is 46.1 Å². The smallest absolute Gasteiger partial charge is 0.0495 e. The van der Waals surface area contributed by atoms with Crippen LogP contribution in [-0.4, -0.2) is 25.8 Å². The van der Waals surface area contributed by atoms with Gasteiger partial charge in [-0.15, -0.1) is 0 Å². The molecule has 0 aliphatic carbocycles. The van der Waals surface area contributed by atoms with Crippen molar-refractivity contribution in [3.8, 4) is 0 Å². The van der Waals surface area contributed by atoms with Crippen molar-refractivity contribution in [2.45, 2.75) is 38.6 Å². The number of rotatable bonds is 4. The molecule has 1 unspecified atom stereocenters. The van der Waals surface area contributed by atoms with Gasteiger partial charge in [0.2, 0.25) is 0 Å². The summed E-state index contributed by atoms with van der Waals surface area (Å²) in [5.41, 5.74) is 0.294. The van der Waals surface area contributed by atoms with Crippen molar-refractivity contribution in [2.24, 2.45) is 5.92 Å². The van der Waals surface area contributed by atoms with Gasteiger partial charge in [0.15, 0.2) is 0 Å². The van der Waals surface area contributed by atoms with Gasteiger partial charge in [-0.1, -0.05) is 0 Å². The van der Waals surface area contributed by atoms with Crippen molar-refractivity contribution in [3.63, 3.8) is 0 Å². The Bertz CT molecular complexity index is 128. The van der Waals surface area contributed by atoms with Crippen LogP contribution < -0.4 is 5.32 Å². The lowest BCUT2D eigenvalue weighted by Crippen LogP contribution is -2.36. The Hall–Kier alpha value is -0.0800. The fourth-order valence-corrected chi connectivity index (χ4v) is 1.50. The standard InChI is InChI=1S/C10H21NO/c1-10(2,11-3)6-4-9-5-7-12-8-9/h9,11H,4-8H2,1-3H3. The fourth-order valence-electron chi connectivity index (χ4n) is 1.50. The van der Waals surface area contributed by atoms with Crippen LogP contribution in [0.15, 0.2) is 0 Å². The monoisotopic (exact) mass is 171 g/mol. The predicted octanol–water partition coefficient (Wildman–Crippen LogP) is 1.80. The summed E-state index contributed by atoms with van der Waals surface area (Å²) in [6.07, 6.45) is 3.81. The minimum Gasteiger partial charge on any atom is -0.381 e. The Morgan fingerprint density at radius 1 is 1.50 bits per heavy atom. The van der Waals surface area contributed by atoms with Gasteiger partial charge in [-0.3, -0.25) is 0 Å². The van der Waals surface area contributed by atoms with E-state index < -0.39 is 0 Å². The summed E-state index contributed by atoms with van der Waals surface area (Å²) in [7, 11) is 2.03. The summed E-state index contributed by atoms with van der Waals surface area (Å²) in [5, 5.41) is 3.32. The van der Waals surface area contributed by atoms with E-state index in [1.165, 1.54) is 19.3 Å². The second-order valence-electron chi connectivity index (χ2n) is 4.40. The molecule has 72 valence electrons. The van der Waals surface area contributed by atoms with Crippen LogP contribution in [0.4, 0.5) is 0 Å². The van der Waals surface area contributed by atoms with E-state index in [0.29, 0.717) is 5.54 Å². The van der Waals surface area contributed by atoms with E-state index in [4.69, 9.17) is 4.74 Å². The first-order chi connectivity index (χ1) is 5.64. The van der Waals surface area contributed by atoms with E-state index in [0.717, 1.165) is 19.1 Å². The van der Waals surface area contributed by atoms with E-state index in [1.54, 1.807) is 0 Å². The summed E-state index contributed by atoms with van der Waals surface area (Å²) in [6.45, 7) is 6.47. The van der Waals surface area contributed by atoms with Crippen LogP contribution in [0.3, 0.4) is 0 Å². The Morgan fingerprint density at radius 2 is 2.25 bits per heavy atom. The normalized spacial score (nSPS) is 24.8. The Balaban J connectivity index is 2.15. The van der Waals surface area contributed by atoms with Crippen molar-refractivity contribution < 1.29 is 4.74 Å². The molecular weight excluding hydrogens is 150 g/mol. The molecular formula is C10H21NO. The molecule has 0 bridgehead atoms. The summed E-state index contributed by atoms with van der Waals surface area (Å²) < 4.78 is 5.34. The molecule has 1 rings (SSSR count). The molecule has 1 heterocycles. The molecule has 0 aromatic heterocycles. The van der Waals surface area contributed by atoms with Crippen LogP contribution in [0, 0.1) is 5.92 Å². The maximum Gasteiger partial charge on any atom is 0.0495 e. The minimum absolute atomic E-state index is 0.294. The first kappa shape index (κ1) is 10.0. The lowest BCUT2D eigenvalue weighted by Gasteiger charge is -2.25. The molecule has 1 fully saturated rings. The van der Waals surface area contributed by atoms with Crippen LogP contribution in [0.5, 0.6) is 0 Å². The molecule has 2 nitrogen and oxygen atoms in total. The average Bonchev–Trinajstić information content (AvgIpc) is 2.53. The highest BCUT2D eigenvalue weighted by Crippen LogP contribution is 2.22. The predicted molar refractivity (Wildman–Crippen MR) is 51.3 cm³/mol. The molecule has 0 amide bonds. The maximum absolute atomic E-state index is 5.34. The van der Waals surface area contributed by atoms with Gasteiger partial charge in [0.05, 0.1) is 0 Å². The first-order valence-corrected chi connectivity index (χ1v) is 4.91. The highest BCUT2D eigenvalue weighted by atomic mass is 16.5. The van der Waals surface area contributed by atoms with Crippen molar-refractivity contribution in [2.75, 3.05) is 20.3 Å². The Morgan fingerprint density at radius 3 is 2.75 bits per heavy atom. The summed E-state index contributed by atoms with van der Waals surface area (Å²) >= 11 is 0. The number of nitrogens with one attached hydrogen (secondary N) is 1. The van der Waals surface area contributed by atoms with E-state index in [2.05, 4.69) is 19.2 Å². The zero-order valence-corrected chi connectivity index (χ0v) is 8.52. The summed E-state index contributed by atoms with van der Waals surface area (Å²) in [5.74, 6) is 0.817. The second-order valence-corrected chi connectivity index (χ2v) is 4.40. The van der Waals surface area contributed by atoms with Gasteiger partial charge in [0, 0.05) is 18.8 Å². The van der Waals surface area contributed by atoms with E-state index in [-0.39, 0.29) is 0 Å². The average molecular weight is 171 g/mol. The molecule has 0 saturated carbocycles. The third-order valence-electron chi connectivity index (χ3n) is 2.88. The highest BCUT2D eigenvalue weighted by Gasteiger charge is 2.20.